The maximum absolute atomic E-state index is 14.1. The van der Waals surface area contributed by atoms with Gasteiger partial charge in [-0.25, -0.2) is 4.39 Å². The van der Waals surface area contributed by atoms with E-state index in [4.69, 9.17) is 5.73 Å². The normalized spacial score (nSPS) is 25.6. The number of hydrogen-bond donors (Lipinski definition) is 2. The number of nitrogens with zero attached hydrogens (tertiary/aromatic N) is 1. The van der Waals surface area contributed by atoms with Crippen LogP contribution in [0.2, 0.25) is 0 Å². The van der Waals surface area contributed by atoms with Crippen molar-refractivity contribution >= 4 is 5.69 Å². The van der Waals surface area contributed by atoms with Crippen molar-refractivity contribution in [3.8, 4) is 5.75 Å². The van der Waals surface area contributed by atoms with E-state index < -0.39 is 5.67 Å². The molecule has 0 spiro atoms. The topological polar surface area (TPSA) is 49.5 Å². The summed E-state index contributed by atoms with van der Waals surface area (Å²) in [5.74, 6) is 0.247. The molecule has 3 N–H and O–H groups in total. The Kier molecular flexibility index (Phi) is 3.52. The molecule has 3 nitrogen and oxygen atoms in total. The Balaban J connectivity index is 2.09. The molecule has 94 valence electrons. The molecule has 1 aromatic carbocycles. The fourth-order valence-electron chi connectivity index (χ4n) is 2.31. The summed E-state index contributed by atoms with van der Waals surface area (Å²) in [6.45, 7) is 1.56. The highest BCUT2D eigenvalue weighted by Gasteiger charge is 2.30. The van der Waals surface area contributed by atoms with Crippen LogP contribution in [0.4, 0.5) is 10.1 Å². The molecular formula is C13H19FN2O. The first-order valence-corrected chi connectivity index (χ1v) is 6.06. The molecule has 1 aliphatic heterocycles. The Labute approximate surface area is 101 Å². The van der Waals surface area contributed by atoms with Crippen molar-refractivity contribution in [3.05, 3.63) is 24.3 Å². The smallest absolute Gasteiger partial charge is 0.124 e. The van der Waals surface area contributed by atoms with Crippen LogP contribution in [0.1, 0.15) is 19.3 Å². The molecule has 1 heterocycles. The molecule has 0 amide bonds. The van der Waals surface area contributed by atoms with E-state index >= 15 is 0 Å². The van der Waals surface area contributed by atoms with Gasteiger partial charge in [0.15, 0.2) is 0 Å². The summed E-state index contributed by atoms with van der Waals surface area (Å²) in [6.07, 6.45) is 1.78. The third-order valence-electron chi connectivity index (χ3n) is 3.44. The molecule has 4 heteroatoms. The summed E-state index contributed by atoms with van der Waals surface area (Å²) in [6, 6.07) is 7.10. The van der Waals surface area contributed by atoms with Gasteiger partial charge in [0, 0.05) is 37.8 Å². The van der Waals surface area contributed by atoms with Crippen molar-refractivity contribution in [2.75, 3.05) is 24.5 Å². The van der Waals surface area contributed by atoms with Gasteiger partial charge in [0.2, 0.25) is 0 Å². The van der Waals surface area contributed by atoms with Crippen LogP contribution < -0.4 is 10.6 Å². The number of rotatable bonds is 2. The van der Waals surface area contributed by atoms with Crippen LogP contribution in [0.3, 0.4) is 0 Å². The standard InChI is InChI=1S/C13H19FN2O/c14-13(10-15)5-2-7-16(8-6-13)11-3-1-4-12(17)9-11/h1,3-4,9,17H,2,5-8,10,15H2. The molecule has 1 aromatic rings. The lowest BCUT2D eigenvalue weighted by Gasteiger charge is -2.24. The number of halogens is 1. The van der Waals surface area contributed by atoms with Gasteiger partial charge >= 0.3 is 0 Å². The molecule has 17 heavy (non-hydrogen) atoms. The summed E-state index contributed by atoms with van der Waals surface area (Å²) in [5, 5.41) is 9.44. The zero-order valence-corrected chi connectivity index (χ0v) is 9.90. The zero-order valence-electron chi connectivity index (χ0n) is 9.90. The lowest BCUT2D eigenvalue weighted by atomic mass is 9.97. The fourth-order valence-corrected chi connectivity index (χ4v) is 2.31. The highest BCUT2D eigenvalue weighted by molar-refractivity contribution is 5.50. The van der Waals surface area contributed by atoms with Gasteiger partial charge in [-0.1, -0.05) is 6.07 Å². The monoisotopic (exact) mass is 238 g/mol. The lowest BCUT2D eigenvalue weighted by Crippen LogP contribution is -2.34. The maximum Gasteiger partial charge on any atom is 0.124 e. The van der Waals surface area contributed by atoms with E-state index in [1.807, 2.05) is 6.07 Å². The highest BCUT2D eigenvalue weighted by Crippen LogP contribution is 2.29. The first-order valence-electron chi connectivity index (χ1n) is 6.06. The van der Waals surface area contributed by atoms with Gasteiger partial charge in [0.25, 0.3) is 0 Å². The van der Waals surface area contributed by atoms with Crippen LogP contribution in [-0.2, 0) is 0 Å². The molecule has 1 aliphatic rings. The predicted octanol–water partition coefficient (Wildman–Crippen LogP) is 2.05. The van der Waals surface area contributed by atoms with Gasteiger partial charge in [0.1, 0.15) is 11.4 Å². The minimum absolute atomic E-state index is 0.0981. The van der Waals surface area contributed by atoms with Gasteiger partial charge in [0.05, 0.1) is 0 Å². The number of benzene rings is 1. The van der Waals surface area contributed by atoms with E-state index in [-0.39, 0.29) is 12.3 Å². The third kappa shape index (κ3) is 2.88. The van der Waals surface area contributed by atoms with Gasteiger partial charge in [-0.2, -0.15) is 0 Å². The summed E-state index contributed by atoms with van der Waals surface area (Å²) in [5.41, 5.74) is 5.22. The van der Waals surface area contributed by atoms with Crippen molar-refractivity contribution in [1.29, 1.82) is 0 Å². The van der Waals surface area contributed by atoms with Crippen molar-refractivity contribution < 1.29 is 9.50 Å². The third-order valence-corrected chi connectivity index (χ3v) is 3.44. The van der Waals surface area contributed by atoms with Gasteiger partial charge in [-0.05, 0) is 25.0 Å². The summed E-state index contributed by atoms with van der Waals surface area (Å²) >= 11 is 0. The first-order chi connectivity index (χ1) is 8.13. The second-order valence-corrected chi connectivity index (χ2v) is 4.72. The molecule has 0 bridgehead atoms. The summed E-state index contributed by atoms with van der Waals surface area (Å²) < 4.78 is 14.1. The van der Waals surface area contributed by atoms with E-state index in [2.05, 4.69) is 4.90 Å². The van der Waals surface area contributed by atoms with Crippen LogP contribution in [-0.4, -0.2) is 30.4 Å². The molecule has 0 aliphatic carbocycles. The van der Waals surface area contributed by atoms with E-state index in [0.29, 0.717) is 19.4 Å². The molecule has 0 saturated carbocycles. The van der Waals surface area contributed by atoms with Crippen molar-refractivity contribution in [3.63, 3.8) is 0 Å². The Morgan fingerprint density at radius 2 is 2.18 bits per heavy atom. The molecular weight excluding hydrogens is 219 g/mol. The van der Waals surface area contributed by atoms with Crippen molar-refractivity contribution in [1.82, 2.24) is 0 Å². The van der Waals surface area contributed by atoms with Crippen molar-refractivity contribution in [2.45, 2.75) is 24.9 Å². The largest absolute Gasteiger partial charge is 0.508 e. The number of hydrogen-bond acceptors (Lipinski definition) is 3. The van der Waals surface area contributed by atoms with Gasteiger partial charge in [-0.3, -0.25) is 0 Å². The number of phenols is 1. The quantitative estimate of drug-likeness (QED) is 0.829. The van der Waals surface area contributed by atoms with Gasteiger partial charge in [-0.15, -0.1) is 0 Å². The Morgan fingerprint density at radius 3 is 2.88 bits per heavy atom. The van der Waals surface area contributed by atoms with E-state index in [1.165, 1.54) is 0 Å². The number of phenolic OH excluding ortho intramolecular Hbond substituents is 1. The minimum atomic E-state index is -1.22. The van der Waals surface area contributed by atoms with E-state index in [1.54, 1.807) is 18.2 Å². The molecule has 2 rings (SSSR count). The van der Waals surface area contributed by atoms with Crippen LogP contribution in [0.5, 0.6) is 5.75 Å². The van der Waals surface area contributed by atoms with E-state index in [0.717, 1.165) is 18.7 Å². The first kappa shape index (κ1) is 12.2. The van der Waals surface area contributed by atoms with Crippen LogP contribution in [0, 0.1) is 0 Å². The summed E-state index contributed by atoms with van der Waals surface area (Å²) in [7, 11) is 0. The second kappa shape index (κ2) is 4.92. The molecule has 1 atom stereocenters. The predicted molar refractivity (Wildman–Crippen MR) is 67.1 cm³/mol. The average Bonchev–Trinajstić information content (AvgIpc) is 2.52. The molecule has 1 fully saturated rings. The minimum Gasteiger partial charge on any atom is -0.508 e. The average molecular weight is 238 g/mol. The number of nitrogens with two attached hydrogens (primary N) is 1. The molecule has 1 unspecified atom stereocenters. The molecule has 1 saturated heterocycles. The van der Waals surface area contributed by atoms with Crippen LogP contribution >= 0.6 is 0 Å². The Bertz CT molecular complexity index is 385. The number of aromatic hydroxyl groups is 1. The van der Waals surface area contributed by atoms with Gasteiger partial charge < -0.3 is 15.7 Å². The van der Waals surface area contributed by atoms with Crippen LogP contribution in [0.15, 0.2) is 24.3 Å². The lowest BCUT2D eigenvalue weighted by molar-refractivity contribution is 0.155. The Morgan fingerprint density at radius 1 is 1.35 bits per heavy atom. The number of alkyl halides is 1. The molecule has 0 aromatic heterocycles. The van der Waals surface area contributed by atoms with Crippen LogP contribution in [0.25, 0.3) is 0 Å². The SMILES string of the molecule is NCC1(F)CCCN(c2cccc(O)c2)CC1. The number of anilines is 1. The summed E-state index contributed by atoms with van der Waals surface area (Å²) in [4.78, 5) is 2.11. The maximum atomic E-state index is 14.1. The zero-order chi connectivity index (χ0) is 12.3. The second-order valence-electron chi connectivity index (χ2n) is 4.72. The fraction of sp³-hybridized carbons (Fsp3) is 0.538. The van der Waals surface area contributed by atoms with Crippen molar-refractivity contribution in [2.24, 2.45) is 5.73 Å². The molecule has 0 radical (unpaired) electrons. The Hall–Kier alpha value is -1.29. The highest BCUT2D eigenvalue weighted by atomic mass is 19.1. The van der Waals surface area contributed by atoms with E-state index in [9.17, 15) is 9.50 Å².